The number of ether oxygens (including phenoxy) is 1. The van der Waals surface area contributed by atoms with E-state index >= 15 is 0 Å². The van der Waals surface area contributed by atoms with Crippen LogP contribution in [0.3, 0.4) is 0 Å². The van der Waals surface area contributed by atoms with Crippen molar-refractivity contribution in [1.29, 1.82) is 0 Å². The maximum atomic E-state index is 11.5. The molecular weight excluding hydrogens is 392 g/mol. The number of rotatable bonds is 5. The topological polar surface area (TPSA) is 26.3 Å². The number of hydrogen-bond donors (Lipinski definition) is 0. The molecular formula is C30H48O2. The van der Waals surface area contributed by atoms with Crippen molar-refractivity contribution in [3.8, 4) is 0 Å². The fourth-order valence-corrected chi connectivity index (χ4v) is 8.43. The Kier molecular flexibility index (Phi) is 6.74. The van der Waals surface area contributed by atoms with Crippen LogP contribution < -0.4 is 0 Å². The summed E-state index contributed by atoms with van der Waals surface area (Å²) in [5, 5.41) is 0. The molecule has 0 aromatic carbocycles. The molecule has 0 N–H and O–H groups in total. The fraction of sp³-hybridized carbons (Fsp3) is 0.833. The minimum absolute atomic E-state index is 0.103. The first-order valence-electron chi connectivity index (χ1n) is 13.6. The molecule has 2 unspecified atom stereocenters. The average molecular weight is 441 g/mol. The van der Waals surface area contributed by atoms with Crippen LogP contribution in [0, 0.1) is 52.3 Å². The minimum Gasteiger partial charge on any atom is -0.463 e. The average Bonchev–Trinajstić information content (AvgIpc) is 3.08. The molecule has 4 aliphatic carbocycles. The Balaban J connectivity index is 1.48. The van der Waals surface area contributed by atoms with Gasteiger partial charge in [-0.2, -0.15) is 0 Å². The van der Waals surface area contributed by atoms with Crippen LogP contribution >= 0.6 is 0 Å². The summed E-state index contributed by atoms with van der Waals surface area (Å²) in [6.45, 7) is 16.2. The van der Waals surface area contributed by atoms with E-state index in [4.69, 9.17) is 4.74 Å². The molecule has 9 atom stereocenters. The molecule has 0 heterocycles. The first kappa shape index (κ1) is 24.1. The predicted molar refractivity (Wildman–Crippen MR) is 133 cm³/mol. The molecule has 0 aromatic heterocycles. The van der Waals surface area contributed by atoms with Gasteiger partial charge in [-0.15, -0.1) is 0 Å². The van der Waals surface area contributed by atoms with E-state index in [1.807, 2.05) is 5.57 Å². The lowest BCUT2D eigenvalue weighted by Crippen LogP contribution is -2.52. The summed E-state index contributed by atoms with van der Waals surface area (Å²) in [5.74, 6) is 5.02. The molecule has 2 nitrogen and oxygen atoms in total. The summed E-state index contributed by atoms with van der Waals surface area (Å²) in [5.41, 5.74) is 2.65. The monoisotopic (exact) mass is 440 g/mol. The lowest BCUT2D eigenvalue weighted by atomic mass is 9.45. The van der Waals surface area contributed by atoms with Gasteiger partial charge in [0.05, 0.1) is 0 Å². The third-order valence-electron chi connectivity index (χ3n) is 10.8. The first-order valence-corrected chi connectivity index (χ1v) is 13.6. The Morgan fingerprint density at radius 1 is 1.06 bits per heavy atom. The molecule has 32 heavy (non-hydrogen) atoms. The lowest BCUT2D eigenvalue weighted by molar-refractivity contribution is -0.155. The number of fused-ring (bicyclic) bond motifs is 5. The molecule has 4 aliphatic rings. The zero-order chi connectivity index (χ0) is 23.3. The van der Waals surface area contributed by atoms with Crippen LogP contribution in [0.1, 0.15) is 99.8 Å². The summed E-state index contributed by atoms with van der Waals surface area (Å²) in [7, 11) is 0. The van der Waals surface area contributed by atoms with Gasteiger partial charge in [0.1, 0.15) is 6.10 Å². The van der Waals surface area contributed by atoms with E-state index in [1.54, 1.807) is 6.92 Å². The van der Waals surface area contributed by atoms with Gasteiger partial charge < -0.3 is 4.74 Å². The standard InChI is InChI=1S/C30H48O2/c1-19(2)20(3)8-9-21(4)26-12-13-27-25-11-10-23-18-24(32-22(5)31)14-16-29(23,6)28(25)15-17-30(26,27)7/h8-9,13,19-21,23-26,28H,10-12,14-18H2,1-7H3/b9-8+/t20-,21+,23?,24?,25-,26+,28-,29-,30+/m0/s1. The number of allylic oxidation sites excluding steroid dienone is 4. The van der Waals surface area contributed by atoms with Gasteiger partial charge in [0.2, 0.25) is 0 Å². The van der Waals surface area contributed by atoms with Crippen molar-refractivity contribution >= 4 is 5.97 Å². The van der Waals surface area contributed by atoms with E-state index in [-0.39, 0.29) is 12.1 Å². The van der Waals surface area contributed by atoms with Crippen LogP contribution in [0.25, 0.3) is 0 Å². The lowest BCUT2D eigenvalue weighted by Gasteiger charge is -2.60. The fourth-order valence-electron chi connectivity index (χ4n) is 8.43. The maximum Gasteiger partial charge on any atom is 0.302 e. The van der Waals surface area contributed by atoms with Gasteiger partial charge >= 0.3 is 5.97 Å². The number of carbonyl (C=O) groups is 1. The number of esters is 1. The van der Waals surface area contributed by atoms with Gasteiger partial charge in [-0.25, -0.2) is 0 Å². The zero-order valence-electron chi connectivity index (χ0n) is 21.8. The van der Waals surface area contributed by atoms with Crippen molar-refractivity contribution in [2.45, 2.75) is 106 Å². The summed E-state index contributed by atoms with van der Waals surface area (Å²) in [6, 6.07) is 0. The number of carbonyl (C=O) groups excluding carboxylic acids is 1. The molecule has 3 saturated carbocycles. The number of hydrogen-bond acceptors (Lipinski definition) is 2. The molecule has 0 saturated heterocycles. The van der Waals surface area contributed by atoms with Crippen molar-refractivity contribution in [1.82, 2.24) is 0 Å². The van der Waals surface area contributed by atoms with Crippen molar-refractivity contribution in [2.24, 2.45) is 52.3 Å². The second-order valence-electron chi connectivity index (χ2n) is 12.8. The van der Waals surface area contributed by atoms with E-state index in [0.717, 1.165) is 36.5 Å². The van der Waals surface area contributed by atoms with Crippen molar-refractivity contribution in [2.75, 3.05) is 0 Å². The molecule has 3 fully saturated rings. The van der Waals surface area contributed by atoms with E-state index < -0.39 is 0 Å². The Labute approximate surface area is 197 Å². The molecule has 4 rings (SSSR count). The van der Waals surface area contributed by atoms with Gasteiger partial charge in [-0.3, -0.25) is 4.79 Å². The molecule has 0 aliphatic heterocycles. The summed E-state index contributed by atoms with van der Waals surface area (Å²) < 4.78 is 5.64. The Bertz CT molecular complexity index is 763. The van der Waals surface area contributed by atoms with Gasteiger partial charge in [0.15, 0.2) is 0 Å². The predicted octanol–water partition coefficient (Wildman–Crippen LogP) is 7.98. The van der Waals surface area contributed by atoms with Crippen LogP contribution in [0.15, 0.2) is 23.8 Å². The highest BCUT2D eigenvalue weighted by atomic mass is 16.5. The highest BCUT2D eigenvalue weighted by molar-refractivity contribution is 5.66. The van der Waals surface area contributed by atoms with Crippen LogP contribution in [-0.2, 0) is 9.53 Å². The normalized spacial score (nSPS) is 43.2. The SMILES string of the molecule is CC(=O)OC1CC[C@@]2(C)C(CC[C@H]3C4=CC[C@H]([C@H](C)/C=C/[C@H](C)C(C)C)[C@@]4(C)CC[C@@H]32)C1. The third kappa shape index (κ3) is 4.14. The molecule has 0 spiro atoms. The Morgan fingerprint density at radius 3 is 2.50 bits per heavy atom. The van der Waals surface area contributed by atoms with Crippen LogP contribution in [0.5, 0.6) is 0 Å². The highest BCUT2D eigenvalue weighted by Gasteiger charge is 2.58. The molecule has 0 aromatic rings. The molecule has 2 heteroatoms. The van der Waals surface area contributed by atoms with Gasteiger partial charge in [0.25, 0.3) is 0 Å². The Hall–Kier alpha value is -1.05. The van der Waals surface area contributed by atoms with Crippen LogP contribution in [0.2, 0.25) is 0 Å². The third-order valence-corrected chi connectivity index (χ3v) is 10.8. The van der Waals surface area contributed by atoms with Gasteiger partial charge in [-0.05, 0) is 104 Å². The summed E-state index contributed by atoms with van der Waals surface area (Å²) in [6.07, 6.45) is 17.9. The smallest absolute Gasteiger partial charge is 0.302 e. The highest BCUT2D eigenvalue weighted by Crippen LogP contribution is 2.66. The van der Waals surface area contributed by atoms with Crippen molar-refractivity contribution < 1.29 is 9.53 Å². The summed E-state index contributed by atoms with van der Waals surface area (Å²) in [4.78, 5) is 11.5. The molecule has 0 amide bonds. The second kappa shape index (κ2) is 8.95. The van der Waals surface area contributed by atoms with E-state index in [2.05, 4.69) is 59.8 Å². The minimum atomic E-state index is -0.103. The van der Waals surface area contributed by atoms with Crippen LogP contribution in [-0.4, -0.2) is 12.1 Å². The van der Waals surface area contributed by atoms with E-state index in [0.29, 0.717) is 28.6 Å². The first-order chi connectivity index (χ1) is 15.1. The zero-order valence-corrected chi connectivity index (χ0v) is 21.8. The largest absolute Gasteiger partial charge is 0.463 e. The van der Waals surface area contributed by atoms with Crippen molar-refractivity contribution in [3.63, 3.8) is 0 Å². The van der Waals surface area contributed by atoms with Gasteiger partial charge in [-0.1, -0.05) is 65.3 Å². The second-order valence-corrected chi connectivity index (χ2v) is 12.8. The quantitative estimate of drug-likeness (QED) is 0.320. The maximum absolute atomic E-state index is 11.5. The molecule has 0 radical (unpaired) electrons. The molecule has 0 bridgehead atoms. The summed E-state index contributed by atoms with van der Waals surface area (Å²) >= 11 is 0. The van der Waals surface area contributed by atoms with E-state index in [9.17, 15) is 4.79 Å². The van der Waals surface area contributed by atoms with E-state index in [1.165, 1.54) is 38.5 Å². The Morgan fingerprint density at radius 2 is 1.81 bits per heavy atom. The molecule has 180 valence electrons. The van der Waals surface area contributed by atoms with Crippen LogP contribution in [0.4, 0.5) is 0 Å². The van der Waals surface area contributed by atoms with Crippen molar-refractivity contribution in [3.05, 3.63) is 23.8 Å². The van der Waals surface area contributed by atoms with Gasteiger partial charge in [0, 0.05) is 6.92 Å².